The molecule has 0 aromatic heterocycles. The average molecular weight is 300 g/mol. The Labute approximate surface area is 127 Å². The minimum Gasteiger partial charge on any atom is -0.487 e. The molecule has 21 heavy (non-hydrogen) atoms. The van der Waals surface area contributed by atoms with E-state index in [0.717, 1.165) is 5.56 Å². The highest BCUT2D eigenvalue weighted by atomic mass is 35.5. The molecule has 0 fully saturated rings. The lowest BCUT2D eigenvalue weighted by Crippen LogP contribution is -2.00. The summed E-state index contributed by atoms with van der Waals surface area (Å²) >= 11 is 5.52. The van der Waals surface area contributed by atoms with E-state index in [1.807, 2.05) is 6.07 Å². The van der Waals surface area contributed by atoms with E-state index in [1.165, 1.54) is 12.1 Å². The van der Waals surface area contributed by atoms with Crippen molar-refractivity contribution in [2.24, 2.45) is 0 Å². The molecule has 0 heterocycles. The molecule has 0 spiro atoms. The second-order valence-electron chi connectivity index (χ2n) is 4.13. The molecule has 2 nitrogen and oxygen atoms in total. The summed E-state index contributed by atoms with van der Waals surface area (Å²) in [7, 11) is 0. The Bertz CT molecular complexity index is 740. The highest BCUT2D eigenvalue weighted by molar-refractivity contribution is 6.19. The minimum absolute atomic E-state index is 0.169. The molecule has 0 amide bonds. The van der Waals surface area contributed by atoms with E-state index in [0.29, 0.717) is 16.9 Å². The summed E-state index contributed by atoms with van der Waals surface area (Å²) in [5.41, 5.74) is 1.83. The maximum Gasteiger partial charge on any atom is 0.138 e. The molecule has 104 valence electrons. The van der Waals surface area contributed by atoms with Gasteiger partial charge in [0.25, 0.3) is 0 Å². The number of nitriles is 1. The largest absolute Gasteiger partial charge is 0.487 e. The SMILES string of the molecule is N#Cc1ccccc1COc1cc(F)ccc1C#CCCl. The van der Waals surface area contributed by atoms with Crippen molar-refractivity contribution in [1.29, 1.82) is 5.26 Å². The van der Waals surface area contributed by atoms with E-state index < -0.39 is 5.82 Å². The Kier molecular flexibility index (Phi) is 5.21. The van der Waals surface area contributed by atoms with Crippen LogP contribution in [0, 0.1) is 29.0 Å². The van der Waals surface area contributed by atoms with Crippen LogP contribution in [0.15, 0.2) is 42.5 Å². The second kappa shape index (κ2) is 7.33. The van der Waals surface area contributed by atoms with Crippen LogP contribution in [0.5, 0.6) is 5.75 Å². The molecule has 2 rings (SSSR count). The Balaban J connectivity index is 2.23. The zero-order chi connectivity index (χ0) is 15.1. The summed E-state index contributed by atoms with van der Waals surface area (Å²) in [5, 5.41) is 9.03. The first-order chi connectivity index (χ1) is 10.2. The number of halogens is 2. The molecule has 4 heteroatoms. The molecule has 0 radical (unpaired) electrons. The van der Waals surface area contributed by atoms with Crippen LogP contribution in [0.2, 0.25) is 0 Å². The summed E-state index contributed by atoms with van der Waals surface area (Å²) in [5.74, 6) is 5.64. The number of hydrogen-bond acceptors (Lipinski definition) is 2. The maximum absolute atomic E-state index is 13.3. The fourth-order valence-corrected chi connectivity index (χ4v) is 1.83. The van der Waals surface area contributed by atoms with Crippen LogP contribution >= 0.6 is 11.6 Å². The van der Waals surface area contributed by atoms with Crippen molar-refractivity contribution in [1.82, 2.24) is 0 Å². The van der Waals surface area contributed by atoms with Crippen molar-refractivity contribution in [3.05, 3.63) is 65.0 Å². The molecule has 0 bridgehead atoms. The first-order valence-electron chi connectivity index (χ1n) is 6.20. The monoisotopic (exact) mass is 299 g/mol. The van der Waals surface area contributed by atoms with Crippen LogP contribution in [-0.2, 0) is 6.61 Å². The highest BCUT2D eigenvalue weighted by Crippen LogP contribution is 2.21. The molecule has 0 saturated carbocycles. The molecule has 0 unspecified atom stereocenters. The highest BCUT2D eigenvalue weighted by Gasteiger charge is 2.06. The zero-order valence-electron chi connectivity index (χ0n) is 11.1. The summed E-state index contributed by atoms with van der Waals surface area (Å²) < 4.78 is 18.9. The lowest BCUT2D eigenvalue weighted by atomic mass is 10.1. The Morgan fingerprint density at radius 3 is 2.71 bits per heavy atom. The molecule has 0 aliphatic carbocycles. The predicted octanol–water partition coefficient (Wildman–Crippen LogP) is 3.87. The van der Waals surface area contributed by atoms with Gasteiger partial charge in [0.2, 0.25) is 0 Å². The number of benzene rings is 2. The molecule has 0 saturated heterocycles. The van der Waals surface area contributed by atoms with Gasteiger partial charge in [0.05, 0.1) is 23.1 Å². The third-order valence-electron chi connectivity index (χ3n) is 2.75. The normalized spacial score (nSPS) is 9.38. The van der Waals surface area contributed by atoms with Crippen LogP contribution in [0.4, 0.5) is 4.39 Å². The van der Waals surface area contributed by atoms with Gasteiger partial charge in [-0.1, -0.05) is 30.0 Å². The van der Waals surface area contributed by atoms with Crippen molar-refractivity contribution in [2.45, 2.75) is 6.61 Å². The van der Waals surface area contributed by atoms with E-state index in [9.17, 15) is 4.39 Å². The van der Waals surface area contributed by atoms with E-state index >= 15 is 0 Å². The summed E-state index contributed by atoms with van der Waals surface area (Å²) in [4.78, 5) is 0. The number of hydrogen-bond donors (Lipinski definition) is 0. The van der Waals surface area contributed by atoms with E-state index in [-0.39, 0.29) is 12.5 Å². The summed E-state index contributed by atoms with van der Waals surface area (Å²) in [6, 6.07) is 13.3. The first-order valence-corrected chi connectivity index (χ1v) is 6.73. The van der Waals surface area contributed by atoms with Crippen LogP contribution in [-0.4, -0.2) is 5.88 Å². The minimum atomic E-state index is -0.407. The van der Waals surface area contributed by atoms with Crippen molar-refractivity contribution in [3.8, 4) is 23.7 Å². The lowest BCUT2D eigenvalue weighted by molar-refractivity contribution is 0.303. The van der Waals surface area contributed by atoms with Gasteiger partial charge in [-0.3, -0.25) is 0 Å². The van der Waals surface area contributed by atoms with Crippen molar-refractivity contribution < 1.29 is 9.13 Å². The van der Waals surface area contributed by atoms with Crippen molar-refractivity contribution in [3.63, 3.8) is 0 Å². The maximum atomic E-state index is 13.3. The smallest absolute Gasteiger partial charge is 0.138 e. The molecule has 0 N–H and O–H groups in total. The lowest BCUT2D eigenvalue weighted by Gasteiger charge is -2.09. The van der Waals surface area contributed by atoms with Gasteiger partial charge < -0.3 is 4.74 Å². The molecule has 0 atom stereocenters. The Morgan fingerprint density at radius 2 is 1.95 bits per heavy atom. The van der Waals surface area contributed by atoms with E-state index in [1.54, 1.807) is 24.3 Å². The van der Waals surface area contributed by atoms with Gasteiger partial charge in [-0.25, -0.2) is 4.39 Å². The number of rotatable bonds is 3. The fourth-order valence-electron chi connectivity index (χ4n) is 1.76. The zero-order valence-corrected chi connectivity index (χ0v) is 11.8. The van der Waals surface area contributed by atoms with Crippen LogP contribution in [0.3, 0.4) is 0 Å². The fraction of sp³-hybridized carbons (Fsp3) is 0.118. The first kappa shape index (κ1) is 14.9. The molecule has 2 aromatic rings. The van der Waals surface area contributed by atoms with Crippen molar-refractivity contribution in [2.75, 3.05) is 5.88 Å². The molecule has 0 aliphatic heterocycles. The van der Waals surface area contributed by atoms with Crippen LogP contribution in [0.1, 0.15) is 16.7 Å². The van der Waals surface area contributed by atoms with E-state index in [4.69, 9.17) is 21.6 Å². The van der Waals surface area contributed by atoms with Gasteiger partial charge >= 0.3 is 0 Å². The van der Waals surface area contributed by atoms with Gasteiger partial charge in [0.1, 0.15) is 18.2 Å². The average Bonchev–Trinajstić information content (AvgIpc) is 2.52. The van der Waals surface area contributed by atoms with Gasteiger partial charge in [-0.2, -0.15) is 5.26 Å². The molecule has 0 aliphatic rings. The van der Waals surface area contributed by atoms with Crippen LogP contribution in [0.25, 0.3) is 0 Å². The number of nitrogens with zero attached hydrogens (tertiary/aromatic N) is 1. The van der Waals surface area contributed by atoms with Crippen molar-refractivity contribution >= 4 is 11.6 Å². The number of ether oxygens (including phenoxy) is 1. The standard InChI is InChI=1S/C17H11ClFNO/c18-9-3-6-13-7-8-16(19)10-17(13)21-12-15-5-2-1-4-14(15)11-20/h1-2,4-5,7-8,10H,9,12H2. The summed E-state index contributed by atoms with van der Waals surface area (Å²) in [6.07, 6.45) is 0. The summed E-state index contributed by atoms with van der Waals surface area (Å²) in [6.45, 7) is 0.169. The van der Waals surface area contributed by atoms with E-state index in [2.05, 4.69) is 17.9 Å². The number of alkyl halides is 1. The Hall–Kier alpha value is -2.49. The van der Waals surface area contributed by atoms with Gasteiger partial charge in [0.15, 0.2) is 0 Å². The second-order valence-corrected chi connectivity index (χ2v) is 4.40. The molecule has 2 aromatic carbocycles. The molecular weight excluding hydrogens is 289 g/mol. The predicted molar refractivity (Wildman–Crippen MR) is 79.5 cm³/mol. The van der Waals surface area contributed by atoms with Gasteiger partial charge in [0, 0.05) is 11.6 Å². The third-order valence-corrected chi connectivity index (χ3v) is 2.89. The Morgan fingerprint density at radius 1 is 1.14 bits per heavy atom. The quantitative estimate of drug-likeness (QED) is 0.637. The third kappa shape index (κ3) is 3.99. The van der Waals surface area contributed by atoms with Crippen LogP contribution < -0.4 is 4.74 Å². The van der Waals surface area contributed by atoms with Gasteiger partial charge in [-0.05, 0) is 18.2 Å². The topological polar surface area (TPSA) is 33.0 Å². The molecular formula is C17H11ClFNO. The van der Waals surface area contributed by atoms with Gasteiger partial charge in [-0.15, -0.1) is 11.6 Å².